The van der Waals surface area contributed by atoms with Crippen molar-refractivity contribution in [2.24, 2.45) is 12.8 Å². The van der Waals surface area contributed by atoms with E-state index in [2.05, 4.69) is 45.1 Å². The second-order valence-electron chi connectivity index (χ2n) is 6.00. The Balaban J connectivity index is 1.71. The van der Waals surface area contributed by atoms with Crippen LogP contribution in [-0.2, 0) is 7.05 Å². The number of hydrogen-bond acceptors (Lipinski definition) is 4. The molecule has 2 aromatic rings. The number of benzene rings is 1. The van der Waals surface area contributed by atoms with Crippen molar-refractivity contribution in [1.29, 1.82) is 0 Å². The smallest absolute Gasteiger partial charge is 0.133 e. The average molecular weight is 334 g/mol. The molecule has 3 rings (SSSR count). The summed E-state index contributed by atoms with van der Waals surface area (Å²) in [5.74, 6) is 0.923. The van der Waals surface area contributed by atoms with Crippen molar-refractivity contribution in [2.45, 2.75) is 13.0 Å². The highest BCUT2D eigenvalue weighted by atomic mass is 35.5. The zero-order valence-corrected chi connectivity index (χ0v) is 14.5. The zero-order valence-electron chi connectivity index (χ0n) is 13.7. The topological polar surface area (TPSA) is 50.3 Å². The van der Waals surface area contributed by atoms with E-state index in [1.54, 1.807) is 0 Å². The maximum atomic E-state index is 6.44. The number of halogens is 1. The summed E-state index contributed by atoms with van der Waals surface area (Å²) in [4.78, 5) is 9.44. The standard InChI is InChI=1S/C17H24ClN5/c1-13-20-16(17(18)21(13)2)15(12-19)23-10-8-22(9-11-23)14-6-4-3-5-7-14/h3-7,15H,8-12,19H2,1-2H3. The zero-order chi connectivity index (χ0) is 16.4. The van der Waals surface area contributed by atoms with Gasteiger partial charge < -0.3 is 15.2 Å². The second-order valence-corrected chi connectivity index (χ2v) is 6.36. The molecule has 1 fully saturated rings. The van der Waals surface area contributed by atoms with Crippen molar-refractivity contribution in [3.63, 3.8) is 0 Å². The molecule has 1 unspecified atom stereocenters. The van der Waals surface area contributed by atoms with E-state index < -0.39 is 0 Å². The molecule has 2 N–H and O–H groups in total. The fourth-order valence-electron chi connectivity index (χ4n) is 3.19. The van der Waals surface area contributed by atoms with E-state index in [0.29, 0.717) is 11.7 Å². The minimum Gasteiger partial charge on any atom is -0.369 e. The molecule has 0 aliphatic carbocycles. The molecule has 1 aromatic carbocycles. The molecule has 0 radical (unpaired) electrons. The van der Waals surface area contributed by atoms with Gasteiger partial charge in [0.1, 0.15) is 11.0 Å². The van der Waals surface area contributed by atoms with Gasteiger partial charge >= 0.3 is 0 Å². The molecule has 1 aliphatic rings. The Labute approximate surface area is 142 Å². The lowest BCUT2D eigenvalue weighted by atomic mass is 10.1. The fourth-order valence-corrected chi connectivity index (χ4v) is 3.48. The van der Waals surface area contributed by atoms with Gasteiger partial charge in [-0.25, -0.2) is 4.98 Å². The summed E-state index contributed by atoms with van der Waals surface area (Å²) in [5, 5.41) is 0.698. The van der Waals surface area contributed by atoms with E-state index in [1.165, 1.54) is 5.69 Å². The first-order valence-electron chi connectivity index (χ1n) is 8.04. The van der Waals surface area contributed by atoms with Gasteiger partial charge in [0, 0.05) is 45.5 Å². The van der Waals surface area contributed by atoms with Crippen molar-refractivity contribution >= 4 is 17.3 Å². The first-order chi connectivity index (χ1) is 11.1. The number of aromatic nitrogens is 2. The predicted molar refractivity (Wildman–Crippen MR) is 95.0 cm³/mol. The van der Waals surface area contributed by atoms with E-state index >= 15 is 0 Å². The largest absolute Gasteiger partial charge is 0.369 e. The number of nitrogens with two attached hydrogens (primary N) is 1. The Bertz CT molecular complexity index is 647. The molecule has 23 heavy (non-hydrogen) atoms. The van der Waals surface area contributed by atoms with Gasteiger partial charge in [-0.3, -0.25) is 4.90 Å². The average Bonchev–Trinajstić information content (AvgIpc) is 2.85. The van der Waals surface area contributed by atoms with E-state index in [4.69, 9.17) is 17.3 Å². The first-order valence-corrected chi connectivity index (χ1v) is 8.42. The molecular formula is C17H24ClN5. The molecule has 1 aromatic heterocycles. The number of piperazine rings is 1. The first kappa shape index (κ1) is 16.3. The highest BCUT2D eigenvalue weighted by molar-refractivity contribution is 6.30. The van der Waals surface area contributed by atoms with Gasteiger partial charge in [-0.2, -0.15) is 0 Å². The van der Waals surface area contributed by atoms with Gasteiger partial charge in [0.15, 0.2) is 0 Å². The van der Waals surface area contributed by atoms with Crippen molar-refractivity contribution in [3.8, 4) is 0 Å². The van der Waals surface area contributed by atoms with Crippen LogP contribution >= 0.6 is 11.6 Å². The molecule has 0 bridgehead atoms. The summed E-state index contributed by atoms with van der Waals surface area (Å²) in [6.45, 7) is 6.40. The molecule has 5 nitrogen and oxygen atoms in total. The van der Waals surface area contributed by atoms with Crippen LogP contribution in [0, 0.1) is 6.92 Å². The van der Waals surface area contributed by atoms with Crippen LogP contribution in [0.4, 0.5) is 5.69 Å². The number of anilines is 1. The van der Waals surface area contributed by atoms with E-state index in [1.807, 2.05) is 18.5 Å². The SMILES string of the molecule is Cc1nc(C(CN)N2CCN(c3ccccc3)CC2)c(Cl)n1C. The number of para-hydroxylation sites is 1. The van der Waals surface area contributed by atoms with Gasteiger partial charge in [-0.1, -0.05) is 29.8 Å². The highest BCUT2D eigenvalue weighted by Gasteiger charge is 2.28. The van der Waals surface area contributed by atoms with E-state index in [-0.39, 0.29) is 6.04 Å². The van der Waals surface area contributed by atoms with E-state index in [9.17, 15) is 0 Å². The molecular weight excluding hydrogens is 310 g/mol. The Hall–Kier alpha value is -1.56. The molecule has 6 heteroatoms. The number of imidazole rings is 1. The van der Waals surface area contributed by atoms with Crippen molar-refractivity contribution in [2.75, 3.05) is 37.6 Å². The summed E-state index contributed by atoms with van der Waals surface area (Å²) in [6.07, 6.45) is 0. The van der Waals surface area contributed by atoms with Crippen LogP contribution < -0.4 is 10.6 Å². The number of rotatable bonds is 4. The molecule has 2 heterocycles. The van der Waals surface area contributed by atoms with Gasteiger partial charge in [-0.15, -0.1) is 0 Å². The molecule has 0 spiro atoms. The van der Waals surface area contributed by atoms with Crippen molar-refractivity contribution in [1.82, 2.24) is 14.5 Å². The van der Waals surface area contributed by atoms with Crippen LogP contribution in [0.25, 0.3) is 0 Å². The molecule has 1 aliphatic heterocycles. The lowest BCUT2D eigenvalue weighted by Crippen LogP contribution is -2.49. The Morgan fingerprint density at radius 2 is 1.83 bits per heavy atom. The summed E-state index contributed by atoms with van der Waals surface area (Å²) in [6, 6.07) is 10.6. The van der Waals surface area contributed by atoms with Crippen molar-refractivity contribution < 1.29 is 0 Å². The minimum atomic E-state index is 0.0836. The van der Waals surface area contributed by atoms with Gasteiger partial charge in [0.2, 0.25) is 0 Å². The van der Waals surface area contributed by atoms with E-state index in [0.717, 1.165) is 37.7 Å². The second kappa shape index (κ2) is 6.91. The van der Waals surface area contributed by atoms with Crippen LogP contribution in [0.3, 0.4) is 0 Å². The highest BCUT2D eigenvalue weighted by Crippen LogP contribution is 2.28. The molecule has 0 saturated carbocycles. The van der Waals surface area contributed by atoms with Crippen molar-refractivity contribution in [3.05, 3.63) is 47.0 Å². The lowest BCUT2D eigenvalue weighted by molar-refractivity contribution is 0.187. The lowest BCUT2D eigenvalue weighted by Gasteiger charge is -2.39. The third-order valence-electron chi connectivity index (χ3n) is 4.69. The van der Waals surface area contributed by atoms with Gasteiger partial charge in [0.25, 0.3) is 0 Å². The summed E-state index contributed by atoms with van der Waals surface area (Å²) in [5.41, 5.74) is 8.23. The minimum absolute atomic E-state index is 0.0836. The maximum absolute atomic E-state index is 6.44. The third-order valence-corrected chi connectivity index (χ3v) is 5.14. The number of hydrogen-bond donors (Lipinski definition) is 1. The molecule has 124 valence electrons. The van der Waals surface area contributed by atoms with Gasteiger partial charge in [-0.05, 0) is 19.1 Å². The van der Waals surface area contributed by atoms with Crippen LogP contribution in [0.2, 0.25) is 5.15 Å². The third kappa shape index (κ3) is 3.22. The molecule has 0 amide bonds. The monoisotopic (exact) mass is 333 g/mol. The number of nitrogens with zero attached hydrogens (tertiary/aromatic N) is 4. The molecule has 1 saturated heterocycles. The fraction of sp³-hybridized carbons (Fsp3) is 0.471. The summed E-state index contributed by atoms with van der Waals surface area (Å²) in [7, 11) is 1.94. The number of aryl methyl sites for hydroxylation is 1. The normalized spacial score (nSPS) is 17.5. The van der Waals surface area contributed by atoms with Crippen LogP contribution in [0.15, 0.2) is 30.3 Å². The molecule has 1 atom stereocenters. The summed E-state index contributed by atoms with van der Waals surface area (Å²) >= 11 is 6.44. The maximum Gasteiger partial charge on any atom is 0.133 e. The Morgan fingerprint density at radius 1 is 1.17 bits per heavy atom. The Morgan fingerprint density at radius 3 is 2.35 bits per heavy atom. The predicted octanol–water partition coefficient (Wildman–Crippen LogP) is 2.20. The Kier molecular flexibility index (Phi) is 4.90. The van der Waals surface area contributed by atoms with Crippen LogP contribution in [0.5, 0.6) is 0 Å². The van der Waals surface area contributed by atoms with Crippen LogP contribution in [0.1, 0.15) is 17.6 Å². The quantitative estimate of drug-likeness (QED) is 0.932. The van der Waals surface area contributed by atoms with Gasteiger partial charge in [0.05, 0.1) is 11.7 Å². The van der Waals surface area contributed by atoms with Crippen LogP contribution in [-0.4, -0.2) is 47.2 Å². The summed E-state index contributed by atoms with van der Waals surface area (Å²) < 4.78 is 1.92.